The highest BCUT2D eigenvalue weighted by Crippen LogP contribution is 2.34. The molecule has 1 nitrogen and oxygen atoms in total. The maximum atomic E-state index is 6.15. The molecular formula is C18H19Cl2N. The van der Waals surface area contributed by atoms with Crippen LogP contribution in [0.1, 0.15) is 48.5 Å². The van der Waals surface area contributed by atoms with Gasteiger partial charge in [0.05, 0.1) is 10.0 Å². The van der Waals surface area contributed by atoms with E-state index in [1.165, 1.54) is 16.7 Å². The van der Waals surface area contributed by atoms with Crippen molar-refractivity contribution in [2.24, 2.45) is 0 Å². The van der Waals surface area contributed by atoms with E-state index in [1.54, 1.807) is 0 Å². The first kappa shape index (κ1) is 14.9. The zero-order chi connectivity index (χ0) is 14.8. The largest absolute Gasteiger partial charge is 0.303 e. The molecule has 21 heavy (non-hydrogen) atoms. The van der Waals surface area contributed by atoms with E-state index in [0.717, 1.165) is 19.3 Å². The molecule has 1 aliphatic carbocycles. The van der Waals surface area contributed by atoms with Crippen LogP contribution in [-0.2, 0) is 6.42 Å². The first-order valence-electron chi connectivity index (χ1n) is 7.48. The van der Waals surface area contributed by atoms with Gasteiger partial charge in [-0.25, -0.2) is 0 Å². The minimum absolute atomic E-state index is 0.302. The Labute approximate surface area is 136 Å². The van der Waals surface area contributed by atoms with Crippen LogP contribution in [0.4, 0.5) is 0 Å². The fourth-order valence-corrected chi connectivity index (χ4v) is 3.46. The second-order valence-electron chi connectivity index (χ2n) is 5.59. The van der Waals surface area contributed by atoms with Crippen molar-refractivity contribution < 1.29 is 0 Å². The Morgan fingerprint density at radius 2 is 1.95 bits per heavy atom. The lowest BCUT2D eigenvalue weighted by Gasteiger charge is -2.23. The van der Waals surface area contributed by atoms with Gasteiger partial charge >= 0.3 is 0 Å². The maximum absolute atomic E-state index is 6.15. The Balaban J connectivity index is 1.81. The highest BCUT2D eigenvalue weighted by atomic mass is 35.5. The minimum atomic E-state index is 0.302. The fraction of sp³-hybridized carbons (Fsp3) is 0.333. The molecule has 0 radical (unpaired) electrons. The molecule has 2 aromatic rings. The van der Waals surface area contributed by atoms with Crippen LogP contribution in [-0.4, -0.2) is 0 Å². The summed E-state index contributed by atoms with van der Waals surface area (Å²) in [5.41, 5.74) is 4.12. The SMILES string of the molecule is CCC(NC1CCc2ccccc21)c1ccc(Cl)c(Cl)c1. The van der Waals surface area contributed by atoms with Gasteiger partial charge in [-0.3, -0.25) is 0 Å². The van der Waals surface area contributed by atoms with Gasteiger partial charge in [0.25, 0.3) is 0 Å². The van der Waals surface area contributed by atoms with Crippen LogP contribution in [0.5, 0.6) is 0 Å². The average Bonchev–Trinajstić information content (AvgIpc) is 2.91. The number of halogens is 2. The van der Waals surface area contributed by atoms with Crippen molar-refractivity contribution in [3.05, 3.63) is 69.2 Å². The van der Waals surface area contributed by atoms with Gasteiger partial charge in [-0.15, -0.1) is 0 Å². The van der Waals surface area contributed by atoms with Crippen molar-refractivity contribution in [2.45, 2.75) is 38.3 Å². The zero-order valence-electron chi connectivity index (χ0n) is 12.1. The molecule has 1 N–H and O–H groups in total. The summed E-state index contributed by atoms with van der Waals surface area (Å²) >= 11 is 12.2. The summed E-state index contributed by atoms with van der Waals surface area (Å²) in [5.74, 6) is 0. The first-order valence-corrected chi connectivity index (χ1v) is 8.23. The van der Waals surface area contributed by atoms with Crippen LogP contribution in [0.15, 0.2) is 42.5 Å². The molecule has 0 aromatic heterocycles. The van der Waals surface area contributed by atoms with E-state index < -0.39 is 0 Å². The lowest BCUT2D eigenvalue weighted by atomic mass is 10.0. The average molecular weight is 320 g/mol. The molecule has 3 rings (SSSR count). The summed E-state index contributed by atoms with van der Waals surface area (Å²) < 4.78 is 0. The van der Waals surface area contributed by atoms with Crippen LogP contribution in [0.25, 0.3) is 0 Å². The number of fused-ring (bicyclic) bond motifs is 1. The van der Waals surface area contributed by atoms with Gasteiger partial charge in [0.15, 0.2) is 0 Å². The Morgan fingerprint density at radius 1 is 1.14 bits per heavy atom. The van der Waals surface area contributed by atoms with E-state index in [1.807, 2.05) is 12.1 Å². The minimum Gasteiger partial charge on any atom is -0.303 e. The third-order valence-electron chi connectivity index (χ3n) is 4.29. The van der Waals surface area contributed by atoms with Gasteiger partial charge in [0, 0.05) is 12.1 Å². The second-order valence-corrected chi connectivity index (χ2v) is 6.41. The van der Waals surface area contributed by atoms with E-state index >= 15 is 0 Å². The maximum Gasteiger partial charge on any atom is 0.0595 e. The van der Waals surface area contributed by atoms with E-state index in [4.69, 9.17) is 23.2 Å². The first-order chi connectivity index (χ1) is 10.2. The quantitative estimate of drug-likeness (QED) is 0.759. The summed E-state index contributed by atoms with van der Waals surface area (Å²) in [4.78, 5) is 0. The van der Waals surface area contributed by atoms with Crippen LogP contribution in [0.2, 0.25) is 10.0 Å². The van der Waals surface area contributed by atoms with Crippen molar-refractivity contribution in [3.63, 3.8) is 0 Å². The number of aryl methyl sites for hydroxylation is 1. The lowest BCUT2D eigenvalue weighted by molar-refractivity contribution is 0.433. The number of rotatable bonds is 4. The van der Waals surface area contributed by atoms with Crippen LogP contribution in [0, 0.1) is 0 Å². The Hall–Kier alpha value is -1.02. The van der Waals surface area contributed by atoms with E-state index in [0.29, 0.717) is 22.1 Å². The highest BCUT2D eigenvalue weighted by Gasteiger charge is 2.24. The predicted molar refractivity (Wildman–Crippen MR) is 90.1 cm³/mol. The molecule has 1 aliphatic rings. The summed E-state index contributed by atoms with van der Waals surface area (Å²) in [5, 5.41) is 5.02. The smallest absolute Gasteiger partial charge is 0.0595 e. The molecule has 0 heterocycles. The van der Waals surface area contributed by atoms with Crippen LogP contribution >= 0.6 is 23.2 Å². The number of hydrogen-bond acceptors (Lipinski definition) is 1. The van der Waals surface area contributed by atoms with Crippen molar-refractivity contribution in [1.29, 1.82) is 0 Å². The van der Waals surface area contributed by atoms with Gasteiger partial charge in [-0.05, 0) is 48.1 Å². The zero-order valence-corrected chi connectivity index (χ0v) is 13.6. The highest BCUT2D eigenvalue weighted by molar-refractivity contribution is 6.42. The number of hydrogen-bond donors (Lipinski definition) is 1. The van der Waals surface area contributed by atoms with Gasteiger partial charge in [0.2, 0.25) is 0 Å². The lowest BCUT2D eigenvalue weighted by Crippen LogP contribution is -2.24. The molecule has 0 spiro atoms. The molecule has 3 heteroatoms. The molecule has 0 aliphatic heterocycles. The topological polar surface area (TPSA) is 12.0 Å². The van der Waals surface area contributed by atoms with E-state index in [9.17, 15) is 0 Å². The van der Waals surface area contributed by atoms with Crippen molar-refractivity contribution in [3.8, 4) is 0 Å². The Kier molecular flexibility index (Phi) is 4.54. The third kappa shape index (κ3) is 3.11. The number of benzene rings is 2. The molecule has 0 fully saturated rings. The summed E-state index contributed by atoms with van der Waals surface area (Å²) in [7, 11) is 0. The summed E-state index contributed by atoms with van der Waals surface area (Å²) in [6, 6.07) is 15.4. The summed E-state index contributed by atoms with van der Waals surface area (Å²) in [6.07, 6.45) is 3.35. The van der Waals surface area contributed by atoms with Gasteiger partial charge in [-0.1, -0.05) is 60.5 Å². The molecule has 2 atom stereocenters. The van der Waals surface area contributed by atoms with Crippen LogP contribution in [0.3, 0.4) is 0 Å². The Bertz CT molecular complexity index is 639. The summed E-state index contributed by atoms with van der Waals surface area (Å²) in [6.45, 7) is 2.20. The third-order valence-corrected chi connectivity index (χ3v) is 5.03. The van der Waals surface area contributed by atoms with Gasteiger partial charge in [0.1, 0.15) is 0 Å². The molecule has 0 bridgehead atoms. The molecule has 2 aromatic carbocycles. The second kappa shape index (κ2) is 6.39. The molecule has 0 amide bonds. The van der Waals surface area contributed by atoms with E-state index in [-0.39, 0.29) is 0 Å². The standard InChI is InChI=1S/C18H19Cl2N/c1-2-17(13-7-9-15(19)16(20)11-13)21-18-10-8-12-5-3-4-6-14(12)18/h3-7,9,11,17-18,21H,2,8,10H2,1H3. The monoisotopic (exact) mass is 319 g/mol. The van der Waals surface area contributed by atoms with Gasteiger partial charge in [-0.2, -0.15) is 0 Å². The molecular weight excluding hydrogens is 301 g/mol. The molecule has 0 saturated heterocycles. The molecule has 110 valence electrons. The predicted octanol–water partition coefficient (Wildman–Crippen LogP) is 5.72. The molecule has 0 saturated carbocycles. The van der Waals surface area contributed by atoms with Crippen LogP contribution < -0.4 is 5.32 Å². The number of nitrogens with one attached hydrogen (secondary N) is 1. The normalized spacial score (nSPS) is 18.5. The fourth-order valence-electron chi connectivity index (χ4n) is 3.15. The van der Waals surface area contributed by atoms with Crippen molar-refractivity contribution in [2.75, 3.05) is 0 Å². The van der Waals surface area contributed by atoms with Crippen molar-refractivity contribution >= 4 is 23.2 Å². The van der Waals surface area contributed by atoms with E-state index in [2.05, 4.69) is 42.6 Å². The van der Waals surface area contributed by atoms with Crippen molar-refractivity contribution in [1.82, 2.24) is 5.32 Å². The van der Waals surface area contributed by atoms with Gasteiger partial charge < -0.3 is 5.32 Å². The molecule has 2 unspecified atom stereocenters. The Morgan fingerprint density at radius 3 is 2.71 bits per heavy atom.